The maximum absolute atomic E-state index is 10.9. The van der Waals surface area contributed by atoms with Crippen LogP contribution in [0.1, 0.15) is 39.5 Å². The van der Waals surface area contributed by atoms with Gasteiger partial charge >= 0.3 is 0 Å². The van der Waals surface area contributed by atoms with Gasteiger partial charge in [0.15, 0.2) is 0 Å². The maximum atomic E-state index is 10.9. The third-order valence-electron chi connectivity index (χ3n) is 3.12. The van der Waals surface area contributed by atoms with Crippen LogP contribution in [0.15, 0.2) is 0 Å². The smallest absolute Gasteiger partial charge is 0.220 e. The Bertz CT molecular complexity index is 168. The first-order chi connectivity index (χ1) is 6.76. The van der Waals surface area contributed by atoms with Gasteiger partial charge in [-0.05, 0) is 18.9 Å². The molecule has 0 aliphatic carbocycles. The Morgan fingerprint density at radius 1 is 1.50 bits per heavy atom. The van der Waals surface area contributed by atoms with Crippen molar-refractivity contribution in [2.45, 2.75) is 45.6 Å². The maximum Gasteiger partial charge on any atom is 0.220 e. The highest BCUT2D eigenvalue weighted by atomic mass is 16.1. The Morgan fingerprint density at radius 3 is 2.71 bits per heavy atom. The van der Waals surface area contributed by atoms with E-state index in [1.807, 2.05) is 0 Å². The number of rotatable bonds is 5. The van der Waals surface area contributed by atoms with E-state index in [2.05, 4.69) is 24.5 Å². The van der Waals surface area contributed by atoms with Gasteiger partial charge in [-0.1, -0.05) is 26.7 Å². The SMILES string of the molecule is CCC(CC)CNC1CCC(=O)NC1. The molecule has 0 aromatic rings. The van der Waals surface area contributed by atoms with Crippen molar-refractivity contribution >= 4 is 5.91 Å². The largest absolute Gasteiger partial charge is 0.355 e. The number of carbonyl (C=O) groups excluding carboxylic acids is 1. The molecule has 82 valence electrons. The van der Waals surface area contributed by atoms with E-state index in [0.717, 1.165) is 25.4 Å². The van der Waals surface area contributed by atoms with E-state index < -0.39 is 0 Å². The number of amides is 1. The summed E-state index contributed by atoms with van der Waals surface area (Å²) >= 11 is 0. The average Bonchev–Trinajstić information content (AvgIpc) is 2.22. The van der Waals surface area contributed by atoms with Crippen LogP contribution in [0.2, 0.25) is 0 Å². The molecule has 1 fully saturated rings. The van der Waals surface area contributed by atoms with Crippen molar-refractivity contribution in [3.8, 4) is 0 Å². The minimum atomic E-state index is 0.200. The van der Waals surface area contributed by atoms with E-state index in [-0.39, 0.29) is 5.91 Å². The molecule has 0 spiro atoms. The summed E-state index contributed by atoms with van der Waals surface area (Å²) < 4.78 is 0. The molecule has 1 aliphatic heterocycles. The monoisotopic (exact) mass is 198 g/mol. The van der Waals surface area contributed by atoms with E-state index in [4.69, 9.17) is 0 Å². The zero-order chi connectivity index (χ0) is 10.4. The summed E-state index contributed by atoms with van der Waals surface area (Å²) in [5.74, 6) is 0.984. The van der Waals surface area contributed by atoms with Gasteiger partial charge in [-0.15, -0.1) is 0 Å². The third kappa shape index (κ3) is 3.66. The summed E-state index contributed by atoms with van der Waals surface area (Å²) in [6.07, 6.45) is 4.15. The quantitative estimate of drug-likeness (QED) is 0.699. The fourth-order valence-electron chi connectivity index (χ4n) is 1.82. The molecule has 3 nitrogen and oxygen atoms in total. The normalized spacial score (nSPS) is 22.5. The predicted octanol–water partition coefficient (Wildman–Crippen LogP) is 1.29. The molecule has 0 aromatic carbocycles. The molecule has 14 heavy (non-hydrogen) atoms. The first kappa shape index (κ1) is 11.5. The van der Waals surface area contributed by atoms with Crippen molar-refractivity contribution < 1.29 is 4.79 Å². The summed E-state index contributed by atoms with van der Waals surface area (Å²) in [6.45, 7) is 6.36. The highest BCUT2D eigenvalue weighted by molar-refractivity contribution is 5.76. The summed E-state index contributed by atoms with van der Waals surface area (Å²) in [5.41, 5.74) is 0. The molecule has 1 amide bonds. The second-order valence-electron chi connectivity index (χ2n) is 4.13. The molecular formula is C11H22N2O. The number of hydrogen-bond acceptors (Lipinski definition) is 2. The van der Waals surface area contributed by atoms with Crippen LogP contribution < -0.4 is 10.6 Å². The van der Waals surface area contributed by atoms with Gasteiger partial charge in [0.2, 0.25) is 5.91 Å². The summed E-state index contributed by atoms with van der Waals surface area (Å²) in [7, 11) is 0. The standard InChI is InChI=1S/C11H22N2O/c1-3-9(4-2)7-12-10-5-6-11(14)13-8-10/h9-10,12H,3-8H2,1-2H3,(H,13,14). The van der Waals surface area contributed by atoms with Crippen molar-refractivity contribution in [3.05, 3.63) is 0 Å². The number of hydrogen-bond donors (Lipinski definition) is 2. The molecule has 0 saturated carbocycles. The first-order valence-corrected chi connectivity index (χ1v) is 5.76. The fraction of sp³-hybridized carbons (Fsp3) is 0.909. The van der Waals surface area contributed by atoms with Crippen LogP contribution in [0.25, 0.3) is 0 Å². The Hall–Kier alpha value is -0.570. The van der Waals surface area contributed by atoms with Crippen molar-refractivity contribution in [2.75, 3.05) is 13.1 Å². The van der Waals surface area contributed by atoms with Gasteiger partial charge in [-0.25, -0.2) is 0 Å². The van der Waals surface area contributed by atoms with Crippen molar-refractivity contribution in [2.24, 2.45) is 5.92 Å². The average molecular weight is 198 g/mol. The number of carbonyl (C=O) groups is 1. The zero-order valence-electron chi connectivity index (χ0n) is 9.31. The molecule has 1 saturated heterocycles. The van der Waals surface area contributed by atoms with Gasteiger partial charge in [0.05, 0.1) is 0 Å². The van der Waals surface area contributed by atoms with Gasteiger partial charge in [0.1, 0.15) is 0 Å². The van der Waals surface area contributed by atoms with Gasteiger partial charge in [0, 0.05) is 19.0 Å². The van der Waals surface area contributed by atoms with Gasteiger partial charge in [-0.2, -0.15) is 0 Å². The number of piperidine rings is 1. The lowest BCUT2D eigenvalue weighted by molar-refractivity contribution is -0.122. The molecule has 2 N–H and O–H groups in total. The molecule has 1 unspecified atom stereocenters. The van der Waals surface area contributed by atoms with E-state index in [9.17, 15) is 4.79 Å². The minimum absolute atomic E-state index is 0.200. The number of nitrogens with one attached hydrogen (secondary N) is 2. The highest BCUT2D eigenvalue weighted by Gasteiger charge is 2.17. The molecule has 1 heterocycles. The molecular weight excluding hydrogens is 176 g/mol. The Labute approximate surface area is 86.6 Å². The Balaban J connectivity index is 2.15. The first-order valence-electron chi connectivity index (χ1n) is 5.76. The van der Waals surface area contributed by atoms with Gasteiger partial charge < -0.3 is 10.6 Å². The van der Waals surface area contributed by atoms with E-state index in [1.54, 1.807) is 0 Å². The van der Waals surface area contributed by atoms with Crippen LogP contribution in [0.5, 0.6) is 0 Å². The molecule has 0 aromatic heterocycles. The van der Waals surface area contributed by atoms with Crippen LogP contribution in [0.4, 0.5) is 0 Å². The topological polar surface area (TPSA) is 41.1 Å². The molecule has 0 radical (unpaired) electrons. The molecule has 1 atom stereocenters. The lowest BCUT2D eigenvalue weighted by atomic mass is 10.0. The van der Waals surface area contributed by atoms with Crippen LogP contribution in [0.3, 0.4) is 0 Å². The van der Waals surface area contributed by atoms with Crippen LogP contribution in [-0.4, -0.2) is 25.0 Å². The fourth-order valence-corrected chi connectivity index (χ4v) is 1.82. The summed E-state index contributed by atoms with van der Waals surface area (Å²) in [6, 6.07) is 0.494. The summed E-state index contributed by atoms with van der Waals surface area (Å²) in [4.78, 5) is 10.9. The van der Waals surface area contributed by atoms with Crippen LogP contribution in [-0.2, 0) is 4.79 Å². The highest BCUT2D eigenvalue weighted by Crippen LogP contribution is 2.08. The zero-order valence-corrected chi connectivity index (χ0v) is 9.31. The molecule has 1 rings (SSSR count). The Morgan fingerprint density at radius 2 is 2.21 bits per heavy atom. The second kappa shape index (κ2) is 6.02. The Kier molecular flexibility index (Phi) is 4.94. The summed E-state index contributed by atoms with van der Waals surface area (Å²) in [5, 5.41) is 6.42. The molecule has 3 heteroatoms. The van der Waals surface area contributed by atoms with Crippen molar-refractivity contribution in [3.63, 3.8) is 0 Å². The van der Waals surface area contributed by atoms with Crippen molar-refractivity contribution in [1.82, 2.24) is 10.6 Å². The van der Waals surface area contributed by atoms with E-state index in [1.165, 1.54) is 12.8 Å². The predicted molar refractivity (Wildman–Crippen MR) is 58.1 cm³/mol. The third-order valence-corrected chi connectivity index (χ3v) is 3.12. The lowest BCUT2D eigenvalue weighted by Gasteiger charge is -2.25. The second-order valence-corrected chi connectivity index (χ2v) is 4.13. The van der Waals surface area contributed by atoms with E-state index >= 15 is 0 Å². The van der Waals surface area contributed by atoms with Crippen molar-refractivity contribution in [1.29, 1.82) is 0 Å². The van der Waals surface area contributed by atoms with Gasteiger partial charge in [0.25, 0.3) is 0 Å². The van der Waals surface area contributed by atoms with Gasteiger partial charge in [-0.3, -0.25) is 4.79 Å². The molecule has 1 aliphatic rings. The van der Waals surface area contributed by atoms with Crippen LogP contribution in [0, 0.1) is 5.92 Å². The lowest BCUT2D eigenvalue weighted by Crippen LogP contribution is -2.46. The molecule has 0 bridgehead atoms. The van der Waals surface area contributed by atoms with Crippen LogP contribution >= 0.6 is 0 Å². The minimum Gasteiger partial charge on any atom is -0.355 e. The van der Waals surface area contributed by atoms with E-state index in [0.29, 0.717) is 12.5 Å².